The summed E-state index contributed by atoms with van der Waals surface area (Å²) in [6, 6.07) is -4.04. The van der Waals surface area contributed by atoms with Crippen LogP contribution in [0.15, 0.2) is 78.2 Å². The molecule has 39 heteroatoms. The molecule has 0 fully saturated rings. The van der Waals surface area contributed by atoms with Crippen molar-refractivity contribution >= 4 is 101 Å². The number of aliphatic carboxylic acids is 3. The Kier molecular flexibility index (Phi) is 36.5. The molecule has 0 bridgehead atoms. The van der Waals surface area contributed by atoms with Gasteiger partial charge in [0.1, 0.15) is 66.5 Å². The number of aliphatic imine (C=N–C) groups is 1. The molecule has 3 rings (SSSR count). The van der Waals surface area contributed by atoms with E-state index in [1.807, 2.05) is 0 Å². The zero-order chi connectivity index (χ0) is 77.9. The monoisotopic (exact) mass is 1460 g/mol. The van der Waals surface area contributed by atoms with Crippen molar-refractivity contribution in [2.24, 2.45) is 45.5 Å². The fourth-order valence-corrected chi connectivity index (χ4v) is 9.93. The van der Waals surface area contributed by atoms with Gasteiger partial charge in [0, 0.05) is 50.5 Å². The zero-order valence-electron chi connectivity index (χ0n) is 58.0. The Hall–Kier alpha value is -11.6. The van der Waals surface area contributed by atoms with Crippen LogP contribution in [0, 0.1) is 11.8 Å². The van der Waals surface area contributed by atoms with Gasteiger partial charge in [0.25, 0.3) is 0 Å². The van der Waals surface area contributed by atoms with E-state index in [9.17, 15) is 97.1 Å². The van der Waals surface area contributed by atoms with Gasteiger partial charge in [-0.3, -0.25) is 81.7 Å². The summed E-state index contributed by atoms with van der Waals surface area (Å²) in [6.07, 6.45) is -2.52. The van der Waals surface area contributed by atoms with Gasteiger partial charge in [0.2, 0.25) is 76.8 Å². The van der Waals surface area contributed by atoms with Crippen LogP contribution >= 0.6 is 0 Å². The van der Waals surface area contributed by atoms with E-state index in [1.165, 1.54) is 38.5 Å². The SMILES string of the molecule is CC[C@H](C)[C@H](N)C(=O)N[C@@H](CO)C(=O)N[C@@H](CCC(=O)O)C(=O)N[C@H](C(=O)N[C@@H](CC(N)=O)C(=O)N[C@@H](Cc1ccccc1)C(=O)N[C@@H](CC(=O)O)C(=O)N[C@@H](C)C(=O)N[C@@H](CCC(=O)O)C(=O)N[C@@H](Cc1ccccc1)C(=O)N[C@@H](CCCN=C(N)N)C(=O)N[C@@H](Cc1cnc[nH]1)C(N)=O)C(C)C. The first-order chi connectivity index (χ1) is 49.0. The third-order valence-electron chi connectivity index (χ3n) is 16.0. The van der Waals surface area contributed by atoms with Crippen molar-refractivity contribution < 1.29 is 97.1 Å². The van der Waals surface area contributed by atoms with E-state index in [2.05, 4.69) is 73.4 Å². The average Bonchev–Trinajstić information content (AvgIpc) is 0.871. The van der Waals surface area contributed by atoms with Gasteiger partial charge in [-0.1, -0.05) is 94.8 Å². The third-order valence-corrected chi connectivity index (χ3v) is 16.0. The predicted octanol–water partition coefficient (Wildman–Crippen LogP) is -6.57. The number of aliphatic hydroxyl groups is 1. The van der Waals surface area contributed by atoms with Crippen LogP contribution in [0.2, 0.25) is 0 Å². The molecule has 0 radical (unpaired) electrons. The molecule has 104 heavy (non-hydrogen) atoms. The van der Waals surface area contributed by atoms with Gasteiger partial charge in [0.15, 0.2) is 5.96 Å². The number of rotatable bonds is 47. The fraction of sp³-hybridized carbons (Fsp3) is 0.508. The van der Waals surface area contributed by atoms with Crippen molar-refractivity contribution in [1.82, 2.24) is 68.5 Å². The molecule has 13 amide bonds. The lowest BCUT2D eigenvalue weighted by Crippen LogP contribution is -2.62. The van der Waals surface area contributed by atoms with Crippen molar-refractivity contribution in [3.63, 3.8) is 0 Å². The number of benzene rings is 2. The Morgan fingerprint density at radius 2 is 0.885 bits per heavy atom. The summed E-state index contributed by atoms with van der Waals surface area (Å²) in [4.78, 5) is 225. The summed E-state index contributed by atoms with van der Waals surface area (Å²) >= 11 is 0. The molecule has 3 aromatic rings. The first-order valence-corrected chi connectivity index (χ1v) is 33.1. The number of amides is 13. The molecule has 13 atom stereocenters. The van der Waals surface area contributed by atoms with Crippen molar-refractivity contribution in [3.8, 4) is 0 Å². The number of carbonyl (C=O) groups excluding carboxylic acids is 13. The van der Waals surface area contributed by atoms with Gasteiger partial charge in [-0.25, -0.2) is 4.98 Å². The van der Waals surface area contributed by atoms with Gasteiger partial charge in [0.05, 0.1) is 31.8 Å². The average molecular weight is 1460 g/mol. The highest BCUT2D eigenvalue weighted by Gasteiger charge is 2.38. The molecule has 0 saturated heterocycles. The summed E-state index contributed by atoms with van der Waals surface area (Å²) in [5, 5.41) is 65.2. The second-order valence-electron chi connectivity index (χ2n) is 24.7. The summed E-state index contributed by atoms with van der Waals surface area (Å²) in [5.74, 6) is -20.5. The van der Waals surface area contributed by atoms with E-state index >= 15 is 0 Å². The molecule has 26 N–H and O–H groups in total. The molecule has 1 heterocycles. The van der Waals surface area contributed by atoms with Crippen LogP contribution in [-0.2, 0) is 96.0 Å². The molecule has 0 aliphatic heterocycles. The standard InChI is InChI=1S/C65H95N19O20/c1-6-33(4)51(67)63(103)83-46(30-85)62(102)77-40(20-22-49(89)90)57(97)84-52(32(2)3)64(104)82-44(27-47(66)86)61(101)80-43(25-36-16-11-8-12-17-36)60(100)81-45(28-50(91)92)58(98)74-34(5)54(94)75-39(19-21-48(87)88)56(96)79-42(24-35-14-9-7-10-15-35)59(99)76-38(18-13-23-72-65(69)70)55(95)78-41(53(68)93)26-37-29-71-31-73-37/h7-12,14-17,29,31-34,38-46,51-52,85H,6,13,18-28,30,67H2,1-5H3,(H2,66,86)(H2,68,93)(H,71,73)(H,74,98)(H,75,94)(H,76,99)(H,77,102)(H,78,95)(H,79,96)(H,80,101)(H,81,100)(H,82,104)(H,83,103)(H,84,97)(H,87,88)(H,89,90)(H,91,92)(H4,69,70,72)/t33-,34-,38-,39-,40-,41-,42-,43-,44-,45-,46-,51-,52-/m0/s1. The summed E-state index contributed by atoms with van der Waals surface area (Å²) in [5.41, 5.74) is 29.3. The number of hydrogen-bond donors (Lipinski definition) is 21. The van der Waals surface area contributed by atoms with Crippen molar-refractivity contribution in [2.45, 2.75) is 184 Å². The number of aromatic amines is 1. The maximum Gasteiger partial charge on any atom is 0.305 e. The number of nitrogens with zero attached hydrogens (tertiary/aromatic N) is 2. The number of carboxylic acid groups (broad SMARTS) is 3. The van der Waals surface area contributed by atoms with E-state index < -0.39 is 225 Å². The number of aliphatic hydroxyl groups excluding tert-OH is 1. The fourth-order valence-electron chi connectivity index (χ4n) is 9.93. The normalized spacial score (nSPS) is 14.7. The molecule has 39 nitrogen and oxygen atoms in total. The second kappa shape index (κ2) is 43.9. The van der Waals surface area contributed by atoms with Crippen LogP contribution in [-0.4, -0.2) is 217 Å². The second-order valence-corrected chi connectivity index (χ2v) is 24.7. The van der Waals surface area contributed by atoms with Gasteiger partial charge >= 0.3 is 17.9 Å². The molecule has 0 spiro atoms. The Labute approximate surface area is 597 Å². The van der Waals surface area contributed by atoms with E-state index in [0.29, 0.717) is 23.2 Å². The van der Waals surface area contributed by atoms with Gasteiger partial charge in [-0.15, -0.1) is 0 Å². The van der Waals surface area contributed by atoms with Crippen LogP contribution in [0.5, 0.6) is 0 Å². The highest BCUT2D eigenvalue weighted by molar-refractivity contribution is 6.01. The minimum Gasteiger partial charge on any atom is -0.481 e. The van der Waals surface area contributed by atoms with Crippen LogP contribution in [0.4, 0.5) is 0 Å². The molecule has 570 valence electrons. The molecular formula is C65H95N19O20. The Bertz CT molecular complexity index is 3490. The molecular weight excluding hydrogens is 1370 g/mol. The zero-order valence-corrected chi connectivity index (χ0v) is 58.0. The van der Waals surface area contributed by atoms with E-state index in [0.717, 1.165) is 6.92 Å². The topological polar surface area (TPSA) is 658 Å². The third kappa shape index (κ3) is 31.1. The molecule has 1 aromatic heterocycles. The molecule has 2 aromatic carbocycles. The maximum atomic E-state index is 14.4. The van der Waals surface area contributed by atoms with Crippen molar-refractivity contribution in [3.05, 3.63) is 90.0 Å². The number of imidazole rings is 1. The van der Waals surface area contributed by atoms with Crippen LogP contribution in [0.1, 0.15) is 109 Å². The van der Waals surface area contributed by atoms with Crippen LogP contribution in [0.3, 0.4) is 0 Å². The lowest BCUT2D eigenvalue weighted by atomic mass is 9.99. The Morgan fingerprint density at radius 3 is 1.33 bits per heavy atom. The smallest absolute Gasteiger partial charge is 0.305 e. The molecule has 0 aliphatic carbocycles. The summed E-state index contributed by atoms with van der Waals surface area (Å²) < 4.78 is 0. The van der Waals surface area contributed by atoms with Crippen LogP contribution < -0.4 is 87.2 Å². The van der Waals surface area contributed by atoms with E-state index in [4.69, 9.17) is 28.7 Å². The minimum atomic E-state index is -2.08. The lowest BCUT2D eigenvalue weighted by molar-refractivity contribution is -0.142. The van der Waals surface area contributed by atoms with Gasteiger partial charge in [-0.05, 0) is 55.6 Å². The number of primary amides is 2. The predicted molar refractivity (Wildman–Crippen MR) is 368 cm³/mol. The molecule has 0 aliphatic rings. The van der Waals surface area contributed by atoms with Crippen molar-refractivity contribution in [1.29, 1.82) is 0 Å². The van der Waals surface area contributed by atoms with E-state index in [1.54, 1.807) is 62.4 Å². The largest absolute Gasteiger partial charge is 0.481 e. The van der Waals surface area contributed by atoms with Gasteiger partial charge < -0.3 is 113 Å². The van der Waals surface area contributed by atoms with Gasteiger partial charge in [-0.2, -0.15) is 0 Å². The quantitative estimate of drug-likeness (QED) is 0.0142. The van der Waals surface area contributed by atoms with Crippen molar-refractivity contribution in [2.75, 3.05) is 13.2 Å². The first kappa shape index (κ1) is 86.6. The molecule has 0 saturated carbocycles. The number of aromatic nitrogens is 2. The Balaban J connectivity index is 1.92. The number of guanidine groups is 1. The summed E-state index contributed by atoms with van der Waals surface area (Å²) in [6.45, 7) is 6.37. The molecule has 0 unspecified atom stereocenters. The summed E-state index contributed by atoms with van der Waals surface area (Å²) in [7, 11) is 0. The Morgan fingerprint density at radius 1 is 0.471 bits per heavy atom. The lowest BCUT2D eigenvalue weighted by Gasteiger charge is -2.29. The number of H-pyrrole nitrogens is 1. The maximum absolute atomic E-state index is 14.4. The number of hydrogen-bond acceptors (Lipinski definition) is 20. The number of nitrogens with two attached hydrogens (primary N) is 5. The minimum absolute atomic E-state index is 0.0138. The van der Waals surface area contributed by atoms with Crippen LogP contribution in [0.25, 0.3) is 0 Å². The number of carbonyl (C=O) groups is 16. The highest BCUT2D eigenvalue weighted by atomic mass is 16.4. The van der Waals surface area contributed by atoms with E-state index in [-0.39, 0.29) is 44.1 Å². The number of nitrogens with one attached hydrogen (secondary N) is 12. The highest BCUT2D eigenvalue weighted by Crippen LogP contribution is 2.14. The first-order valence-electron chi connectivity index (χ1n) is 33.1. The number of carboxylic acids is 3.